The second-order valence-corrected chi connectivity index (χ2v) is 5.87. The van der Waals surface area contributed by atoms with Gasteiger partial charge in [-0.05, 0) is 58.7 Å². The van der Waals surface area contributed by atoms with E-state index in [4.69, 9.17) is 0 Å². The van der Waals surface area contributed by atoms with Gasteiger partial charge >= 0.3 is 0 Å². The fourth-order valence-corrected chi connectivity index (χ4v) is 2.90. The van der Waals surface area contributed by atoms with Crippen molar-refractivity contribution >= 4 is 11.6 Å². The normalized spacial score (nSPS) is 15.0. The molecule has 1 heterocycles. The second kappa shape index (κ2) is 6.64. The molecule has 3 aromatic rings. The molecular weight excluding hydrogens is 316 g/mol. The quantitative estimate of drug-likeness (QED) is 0.743. The lowest BCUT2D eigenvalue weighted by molar-refractivity contribution is 0.0954. The van der Waals surface area contributed by atoms with Gasteiger partial charge in [0.25, 0.3) is 5.91 Å². The third-order valence-electron chi connectivity index (χ3n) is 4.25. The first-order valence-corrected chi connectivity index (χ1v) is 8.05. The molecule has 1 aliphatic rings. The number of nitrogens with zero attached hydrogens (tertiary/aromatic N) is 5. The van der Waals surface area contributed by atoms with Crippen molar-refractivity contribution in [1.29, 1.82) is 0 Å². The first-order valence-electron chi connectivity index (χ1n) is 8.05. The van der Waals surface area contributed by atoms with Gasteiger partial charge in [-0.3, -0.25) is 4.79 Å². The summed E-state index contributed by atoms with van der Waals surface area (Å²) in [4.78, 5) is 12.3. The Balaban J connectivity index is 1.42. The van der Waals surface area contributed by atoms with E-state index in [0.29, 0.717) is 5.56 Å². The van der Waals surface area contributed by atoms with Crippen molar-refractivity contribution in [3.63, 3.8) is 0 Å². The number of aryl methyl sites for hydroxylation is 1. The van der Waals surface area contributed by atoms with Crippen molar-refractivity contribution < 1.29 is 4.79 Å². The minimum Gasteiger partial charge on any atom is -0.267 e. The number of benzene rings is 2. The number of fused-ring (bicyclic) bond motifs is 1. The molecule has 25 heavy (non-hydrogen) atoms. The number of nitrogens with one attached hydrogen (secondary N) is 1. The topological polar surface area (TPSA) is 85.1 Å². The van der Waals surface area contributed by atoms with Gasteiger partial charge in [0.05, 0.1) is 5.69 Å². The Kier molecular flexibility index (Phi) is 4.04. The maximum absolute atomic E-state index is 12.3. The fourth-order valence-electron chi connectivity index (χ4n) is 2.90. The van der Waals surface area contributed by atoms with Crippen molar-refractivity contribution in [2.75, 3.05) is 0 Å². The van der Waals surface area contributed by atoms with Crippen LogP contribution >= 0.6 is 0 Å². The van der Waals surface area contributed by atoms with Crippen LogP contribution in [-0.2, 0) is 12.8 Å². The van der Waals surface area contributed by atoms with Gasteiger partial charge in [0.15, 0.2) is 0 Å². The molecular formula is C18H16N6O. The maximum Gasteiger partial charge on any atom is 0.271 e. The van der Waals surface area contributed by atoms with E-state index in [1.807, 2.05) is 6.07 Å². The summed E-state index contributed by atoms with van der Waals surface area (Å²) in [6.07, 6.45) is 4.12. The van der Waals surface area contributed by atoms with Gasteiger partial charge in [-0.25, -0.2) is 10.1 Å². The molecule has 0 radical (unpaired) electrons. The van der Waals surface area contributed by atoms with Crippen molar-refractivity contribution in [3.8, 4) is 5.69 Å². The van der Waals surface area contributed by atoms with Gasteiger partial charge in [0, 0.05) is 17.7 Å². The molecule has 7 nitrogen and oxygen atoms in total. The predicted molar refractivity (Wildman–Crippen MR) is 92.5 cm³/mol. The van der Waals surface area contributed by atoms with Crippen LogP contribution in [-0.4, -0.2) is 31.8 Å². The summed E-state index contributed by atoms with van der Waals surface area (Å²) in [5, 5.41) is 15.3. The molecule has 2 aromatic carbocycles. The molecule has 0 spiro atoms. The zero-order chi connectivity index (χ0) is 17.1. The van der Waals surface area contributed by atoms with Gasteiger partial charge in [-0.2, -0.15) is 5.10 Å². The number of carbonyl (C=O) groups is 1. The zero-order valence-corrected chi connectivity index (χ0v) is 13.5. The van der Waals surface area contributed by atoms with E-state index in [1.54, 1.807) is 24.3 Å². The number of amides is 1. The molecule has 0 unspecified atom stereocenters. The summed E-state index contributed by atoms with van der Waals surface area (Å²) < 4.78 is 1.53. The lowest BCUT2D eigenvalue weighted by Gasteiger charge is -2.17. The van der Waals surface area contributed by atoms with E-state index in [9.17, 15) is 4.79 Å². The monoisotopic (exact) mass is 332 g/mol. The smallest absolute Gasteiger partial charge is 0.267 e. The molecule has 4 rings (SSSR count). The van der Waals surface area contributed by atoms with Crippen LogP contribution in [0.25, 0.3) is 5.69 Å². The molecule has 0 bridgehead atoms. The lowest BCUT2D eigenvalue weighted by atomic mass is 9.90. The van der Waals surface area contributed by atoms with Crippen LogP contribution < -0.4 is 5.43 Å². The van der Waals surface area contributed by atoms with Crippen LogP contribution in [0.5, 0.6) is 0 Å². The molecule has 1 N–H and O–H groups in total. The summed E-state index contributed by atoms with van der Waals surface area (Å²) in [6.45, 7) is 0. The minimum absolute atomic E-state index is 0.227. The highest BCUT2D eigenvalue weighted by Crippen LogP contribution is 2.19. The average Bonchev–Trinajstić information content (AvgIpc) is 3.21. The Morgan fingerprint density at radius 2 is 1.84 bits per heavy atom. The Bertz CT molecular complexity index is 915. The highest BCUT2D eigenvalue weighted by molar-refractivity contribution is 5.96. The third kappa shape index (κ3) is 3.30. The Hall–Kier alpha value is -3.35. The minimum atomic E-state index is -0.227. The molecule has 1 amide bonds. The zero-order valence-electron chi connectivity index (χ0n) is 13.5. The van der Waals surface area contributed by atoms with E-state index in [2.05, 4.69) is 44.3 Å². The molecule has 124 valence electrons. The number of rotatable bonds is 3. The van der Waals surface area contributed by atoms with Crippen molar-refractivity contribution in [3.05, 3.63) is 71.5 Å². The van der Waals surface area contributed by atoms with Crippen LogP contribution in [0.15, 0.2) is 60.0 Å². The predicted octanol–water partition coefficient (Wildman–Crippen LogP) is 1.94. The Morgan fingerprint density at radius 3 is 2.60 bits per heavy atom. The van der Waals surface area contributed by atoms with E-state index in [1.165, 1.54) is 22.1 Å². The van der Waals surface area contributed by atoms with Gasteiger partial charge in [-0.15, -0.1) is 5.10 Å². The number of carbonyl (C=O) groups excluding carboxylic acids is 1. The van der Waals surface area contributed by atoms with E-state index in [-0.39, 0.29) is 5.91 Å². The van der Waals surface area contributed by atoms with Crippen molar-refractivity contribution in [1.82, 2.24) is 25.6 Å². The summed E-state index contributed by atoms with van der Waals surface area (Å²) in [5.41, 5.74) is 7.63. The maximum atomic E-state index is 12.3. The van der Waals surface area contributed by atoms with E-state index in [0.717, 1.165) is 30.7 Å². The number of tetrazole rings is 1. The van der Waals surface area contributed by atoms with Crippen LogP contribution in [0, 0.1) is 0 Å². The number of aromatic nitrogens is 4. The molecule has 0 saturated heterocycles. The molecule has 0 fully saturated rings. The van der Waals surface area contributed by atoms with Crippen molar-refractivity contribution in [2.45, 2.75) is 19.3 Å². The van der Waals surface area contributed by atoms with Gasteiger partial charge in [-0.1, -0.05) is 24.3 Å². The standard InChI is InChI=1S/C18H16N6O/c25-18(14-6-9-17(10-7-14)24-12-19-22-23-24)21-20-16-8-5-13-3-1-2-4-15(13)11-16/h1-4,6-7,9-10,12H,5,8,11H2,(H,21,25)/b20-16+. The summed E-state index contributed by atoms with van der Waals surface area (Å²) in [7, 11) is 0. The molecule has 0 saturated carbocycles. The summed E-state index contributed by atoms with van der Waals surface area (Å²) in [5.74, 6) is -0.227. The van der Waals surface area contributed by atoms with Gasteiger partial charge < -0.3 is 0 Å². The van der Waals surface area contributed by atoms with Crippen LogP contribution in [0.4, 0.5) is 0 Å². The highest BCUT2D eigenvalue weighted by atomic mass is 16.2. The average molecular weight is 332 g/mol. The van der Waals surface area contributed by atoms with Crippen LogP contribution in [0.2, 0.25) is 0 Å². The largest absolute Gasteiger partial charge is 0.271 e. The lowest BCUT2D eigenvalue weighted by Crippen LogP contribution is -2.22. The molecule has 0 aliphatic heterocycles. The summed E-state index contributed by atoms with van der Waals surface area (Å²) in [6, 6.07) is 15.4. The molecule has 0 atom stereocenters. The first-order chi connectivity index (χ1) is 12.3. The molecule has 1 aromatic heterocycles. The Labute approximate surface area is 144 Å². The number of hydrogen-bond donors (Lipinski definition) is 1. The Morgan fingerprint density at radius 1 is 1.04 bits per heavy atom. The third-order valence-corrected chi connectivity index (χ3v) is 4.25. The number of hydrazone groups is 1. The molecule has 7 heteroatoms. The highest BCUT2D eigenvalue weighted by Gasteiger charge is 2.14. The van der Waals surface area contributed by atoms with Crippen LogP contribution in [0.3, 0.4) is 0 Å². The van der Waals surface area contributed by atoms with E-state index < -0.39 is 0 Å². The van der Waals surface area contributed by atoms with Gasteiger partial charge in [0.1, 0.15) is 6.33 Å². The van der Waals surface area contributed by atoms with Gasteiger partial charge in [0.2, 0.25) is 0 Å². The van der Waals surface area contributed by atoms with E-state index >= 15 is 0 Å². The first kappa shape index (κ1) is 15.2. The SMILES string of the molecule is O=C(N/N=C1\CCc2ccccc2C1)c1ccc(-n2cnnn2)cc1. The summed E-state index contributed by atoms with van der Waals surface area (Å²) >= 11 is 0. The fraction of sp³-hybridized carbons (Fsp3) is 0.167. The molecule has 1 aliphatic carbocycles. The van der Waals surface area contributed by atoms with Crippen molar-refractivity contribution in [2.24, 2.45) is 5.10 Å². The second-order valence-electron chi connectivity index (χ2n) is 5.87. The van der Waals surface area contributed by atoms with Crippen LogP contribution in [0.1, 0.15) is 27.9 Å². The number of hydrogen-bond acceptors (Lipinski definition) is 5.